The van der Waals surface area contributed by atoms with Gasteiger partial charge in [0.05, 0.1) is 29.5 Å². The van der Waals surface area contributed by atoms with Crippen LogP contribution in [0.15, 0.2) is 36.4 Å². The van der Waals surface area contributed by atoms with Crippen molar-refractivity contribution in [2.45, 2.75) is 38.6 Å². The fraction of sp³-hybridized carbons (Fsp3) is 0.480. The summed E-state index contributed by atoms with van der Waals surface area (Å²) in [7, 11) is 1.87. The third-order valence-electron chi connectivity index (χ3n) is 6.60. The Bertz CT molecular complexity index is 986. The lowest BCUT2D eigenvalue weighted by molar-refractivity contribution is -0.117. The number of amides is 1. The van der Waals surface area contributed by atoms with Crippen LogP contribution >= 0.6 is 11.6 Å². The Morgan fingerprint density at radius 2 is 2.03 bits per heavy atom. The highest BCUT2D eigenvalue weighted by molar-refractivity contribution is 6.32. The highest BCUT2D eigenvalue weighted by Gasteiger charge is 2.46. The van der Waals surface area contributed by atoms with E-state index in [2.05, 4.69) is 28.0 Å². The van der Waals surface area contributed by atoms with E-state index in [0.29, 0.717) is 35.9 Å². The molecule has 0 saturated carbocycles. The van der Waals surface area contributed by atoms with Gasteiger partial charge in [-0.05, 0) is 42.7 Å². The van der Waals surface area contributed by atoms with Gasteiger partial charge in [-0.25, -0.2) is 4.39 Å². The van der Waals surface area contributed by atoms with Crippen molar-refractivity contribution in [1.82, 2.24) is 4.90 Å². The summed E-state index contributed by atoms with van der Waals surface area (Å²) >= 11 is 6.02. The lowest BCUT2D eigenvalue weighted by Crippen LogP contribution is -2.51. The molecule has 1 saturated heterocycles. The number of hydrogen-bond donors (Lipinski definition) is 0. The molecule has 5 rings (SSSR count). The van der Waals surface area contributed by atoms with Gasteiger partial charge in [-0.2, -0.15) is 0 Å². The highest BCUT2D eigenvalue weighted by Crippen LogP contribution is 2.50. The Morgan fingerprint density at radius 1 is 1.22 bits per heavy atom. The third kappa shape index (κ3) is 4.18. The molecule has 2 aromatic rings. The average molecular weight is 460 g/mol. The van der Waals surface area contributed by atoms with E-state index >= 15 is 0 Å². The van der Waals surface area contributed by atoms with Crippen molar-refractivity contribution >= 4 is 28.9 Å². The first-order chi connectivity index (χ1) is 15.5. The number of anilines is 2. The summed E-state index contributed by atoms with van der Waals surface area (Å²) in [5.41, 5.74) is 3.66. The number of piperidine rings is 1. The van der Waals surface area contributed by atoms with Crippen LogP contribution in [0.25, 0.3) is 0 Å². The zero-order chi connectivity index (χ0) is 22.8. The predicted molar refractivity (Wildman–Crippen MR) is 128 cm³/mol. The van der Waals surface area contributed by atoms with Crippen LogP contribution in [0.3, 0.4) is 0 Å². The van der Waals surface area contributed by atoms with Gasteiger partial charge in [-0.1, -0.05) is 37.6 Å². The second-order valence-electron chi connectivity index (χ2n) is 8.34. The van der Waals surface area contributed by atoms with Gasteiger partial charge in [0.2, 0.25) is 5.91 Å². The topological polar surface area (TPSA) is 36.0 Å². The molecule has 7 heteroatoms. The molecule has 1 fully saturated rings. The molecule has 1 amide bonds. The summed E-state index contributed by atoms with van der Waals surface area (Å²) in [6.45, 7) is 7.97. The van der Waals surface area contributed by atoms with Gasteiger partial charge >= 0.3 is 0 Å². The number of likely N-dealkylation sites (tertiary alicyclic amines) is 1. The van der Waals surface area contributed by atoms with Crippen LogP contribution in [0.4, 0.5) is 15.8 Å². The number of hydrogen-bond acceptors (Lipinski definition) is 4. The van der Waals surface area contributed by atoms with E-state index in [1.54, 1.807) is 11.0 Å². The number of para-hydroxylation sites is 1. The zero-order valence-electron chi connectivity index (χ0n) is 19.0. The maximum Gasteiger partial charge on any atom is 0.246 e. The molecule has 0 spiro atoms. The minimum atomic E-state index is -0.360. The summed E-state index contributed by atoms with van der Waals surface area (Å²) in [5.74, 6) is 0.762. The van der Waals surface area contributed by atoms with Crippen LogP contribution in [-0.4, -0.2) is 56.7 Å². The highest BCUT2D eigenvalue weighted by atomic mass is 35.5. The number of ether oxygens (including phenoxy) is 1. The number of carbonyl (C=O) groups is 1. The molecule has 0 bridgehead atoms. The monoisotopic (exact) mass is 459 g/mol. The largest absolute Gasteiger partial charge is 0.492 e. The van der Waals surface area contributed by atoms with Crippen molar-refractivity contribution in [1.29, 1.82) is 0 Å². The number of nitrogens with zero attached hydrogens (tertiary/aromatic N) is 3. The minimum absolute atomic E-state index is 0.166. The Labute approximate surface area is 194 Å². The van der Waals surface area contributed by atoms with Crippen molar-refractivity contribution in [3.63, 3.8) is 0 Å². The second-order valence-corrected chi connectivity index (χ2v) is 8.74. The van der Waals surface area contributed by atoms with Crippen LogP contribution in [0.5, 0.6) is 5.75 Å². The van der Waals surface area contributed by atoms with Crippen molar-refractivity contribution in [2.24, 2.45) is 0 Å². The van der Waals surface area contributed by atoms with Crippen LogP contribution in [0.2, 0.25) is 5.02 Å². The molecule has 32 heavy (non-hydrogen) atoms. The summed E-state index contributed by atoms with van der Waals surface area (Å²) in [4.78, 5) is 19.1. The molecule has 3 aliphatic rings. The van der Waals surface area contributed by atoms with E-state index < -0.39 is 0 Å². The Balaban J connectivity index is 0.00000119. The molecule has 0 aliphatic carbocycles. The van der Waals surface area contributed by atoms with Crippen molar-refractivity contribution < 1.29 is 13.9 Å². The van der Waals surface area contributed by atoms with Crippen molar-refractivity contribution in [3.8, 4) is 5.75 Å². The van der Waals surface area contributed by atoms with E-state index in [0.717, 1.165) is 38.2 Å². The van der Waals surface area contributed by atoms with Gasteiger partial charge in [0.1, 0.15) is 11.6 Å². The van der Waals surface area contributed by atoms with E-state index in [-0.39, 0.29) is 11.7 Å². The summed E-state index contributed by atoms with van der Waals surface area (Å²) in [5, 5.41) is 0.305. The van der Waals surface area contributed by atoms with Crippen LogP contribution in [0.1, 0.15) is 38.2 Å². The number of benzene rings is 2. The number of fused-ring (bicyclic) bond motifs is 3. The molecule has 2 unspecified atom stereocenters. The molecule has 172 valence electrons. The predicted octanol–water partition coefficient (Wildman–Crippen LogP) is 4.93. The standard InChI is InChI=1S/C23H25ClFN3O2.C2H6/c1-26-20-5-2-4-16-17-13-27(10-8-19(17)28(23(16)20)14-22(26)29)9-3-11-30-21-7-6-15(25)12-18(21)24;1-2/h2,4-7,12,17,19H,3,8-11,13-14H2,1H3;1-2H3. The number of halogens is 2. The molecule has 0 N–H and O–H groups in total. The molecule has 2 aromatic carbocycles. The first kappa shape index (κ1) is 22.9. The molecule has 3 aliphatic heterocycles. The number of likely N-dealkylation sites (N-methyl/N-ethyl adjacent to an activating group) is 1. The Morgan fingerprint density at radius 3 is 2.81 bits per heavy atom. The van der Waals surface area contributed by atoms with Gasteiger partial charge in [0, 0.05) is 38.6 Å². The molecule has 0 radical (unpaired) electrons. The number of rotatable bonds is 5. The average Bonchev–Trinajstić information content (AvgIpc) is 3.11. The quantitative estimate of drug-likeness (QED) is 0.594. The minimum Gasteiger partial charge on any atom is -0.492 e. The normalized spacial score (nSPS) is 21.6. The summed E-state index contributed by atoms with van der Waals surface area (Å²) in [6.07, 6.45) is 1.93. The van der Waals surface area contributed by atoms with E-state index in [1.807, 2.05) is 20.9 Å². The zero-order valence-corrected chi connectivity index (χ0v) is 19.7. The van der Waals surface area contributed by atoms with E-state index in [4.69, 9.17) is 16.3 Å². The SMILES string of the molecule is CC.CN1C(=O)CN2c3c(cccc31)C1CN(CCCOc3ccc(F)cc3Cl)CCC12. The maximum atomic E-state index is 13.1. The van der Waals surface area contributed by atoms with Crippen molar-refractivity contribution in [2.75, 3.05) is 49.6 Å². The van der Waals surface area contributed by atoms with Gasteiger partial charge in [0.15, 0.2) is 0 Å². The van der Waals surface area contributed by atoms with E-state index in [1.165, 1.54) is 23.4 Å². The summed E-state index contributed by atoms with van der Waals surface area (Å²) in [6, 6.07) is 11.0. The second kappa shape index (κ2) is 9.67. The number of carbonyl (C=O) groups excluding carboxylic acids is 1. The smallest absolute Gasteiger partial charge is 0.246 e. The van der Waals surface area contributed by atoms with Gasteiger partial charge in [-0.3, -0.25) is 4.79 Å². The van der Waals surface area contributed by atoms with Gasteiger partial charge < -0.3 is 19.4 Å². The molecule has 5 nitrogen and oxygen atoms in total. The Kier molecular flexibility index (Phi) is 6.91. The van der Waals surface area contributed by atoms with Gasteiger partial charge in [-0.15, -0.1) is 0 Å². The first-order valence-corrected chi connectivity index (χ1v) is 11.9. The molecule has 3 heterocycles. The third-order valence-corrected chi connectivity index (χ3v) is 6.90. The molecular formula is C25H31ClFN3O2. The lowest BCUT2D eigenvalue weighted by atomic mass is 9.89. The molecule has 2 atom stereocenters. The Hall–Kier alpha value is -2.31. The summed E-state index contributed by atoms with van der Waals surface area (Å²) < 4.78 is 18.9. The van der Waals surface area contributed by atoms with E-state index in [9.17, 15) is 9.18 Å². The van der Waals surface area contributed by atoms with Gasteiger partial charge in [0.25, 0.3) is 0 Å². The lowest BCUT2D eigenvalue weighted by Gasteiger charge is -2.40. The van der Waals surface area contributed by atoms with Crippen LogP contribution in [-0.2, 0) is 4.79 Å². The molecule has 0 aromatic heterocycles. The van der Waals surface area contributed by atoms with Crippen molar-refractivity contribution in [3.05, 3.63) is 52.8 Å². The van der Waals surface area contributed by atoms with Crippen LogP contribution in [0, 0.1) is 5.82 Å². The fourth-order valence-corrected chi connectivity index (χ4v) is 5.35. The fourth-order valence-electron chi connectivity index (χ4n) is 5.13. The first-order valence-electron chi connectivity index (χ1n) is 11.5. The molecular weight excluding hydrogens is 429 g/mol. The maximum absolute atomic E-state index is 13.1. The van der Waals surface area contributed by atoms with Crippen LogP contribution < -0.4 is 14.5 Å².